The van der Waals surface area contributed by atoms with Crippen LogP contribution in [0.1, 0.15) is 44.6 Å². The van der Waals surface area contributed by atoms with E-state index in [1.165, 1.54) is 25.7 Å². The lowest BCUT2D eigenvalue weighted by Gasteiger charge is -2.05. The van der Waals surface area contributed by atoms with Gasteiger partial charge in [-0.05, 0) is 12.0 Å². The summed E-state index contributed by atoms with van der Waals surface area (Å²) in [4.78, 5) is 8.46. The summed E-state index contributed by atoms with van der Waals surface area (Å²) >= 11 is 0. The summed E-state index contributed by atoms with van der Waals surface area (Å²) in [5, 5.41) is 2.81. The van der Waals surface area contributed by atoms with Crippen LogP contribution in [0, 0.1) is 0 Å². The zero-order valence-electron chi connectivity index (χ0n) is 12.9. The van der Waals surface area contributed by atoms with Gasteiger partial charge in [-0.25, -0.2) is 4.99 Å². The van der Waals surface area contributed by atoms with Crippen molar-refractivity contribution >= 4 is 11.9 Å². The monoisotopic (exact) mass is 289 g/mol. The predicted octanol–water partition coefficient (Wildman–Crippen LogP) is 2.38. The Morgan fingerprint density at radius 2 is 1.62 bits per heavy atom. The molecule has 0 heterocycles. The van der Waals surface area contributed by atoms with Crippen LogP contribution in [0.25, 0.3) is 0 Å². The first-order valence-electron chi connectivity index (χ1n) is 7.63. The van der Waals surface area contributed by atoms with Gasteiger partial charge in [-0.3, -0.25) is 10.3 Å². The van der Waals surface area contributed by atoms with E-state index < -0.39 is 0 Å². The number of aliphatic imine (C=N–C) groups is 2. The molecule has 5 nitrogen and oxygen atoms in total. The van der Waals surface area contributed by atoms with Crippen LogP contribution in [-0.4, -0.2) is 18.5 Å². The van der Waals surface area contributed by atoms with Crippen molar-refractivity contribution in [3.05, 3.63) is 35.9 Å². The number of benzene rings is 1. The Morgan fingerprint density at radius 3 is 2.33 bits per heavy atom. The average molecular weight is 289 g/mol. The number of nitrogens with zero attached hydrogens (tertiary/aromatic N) is 2. The standard InChI is InChI=1S/C16H27N5/c1-2-3-4-5-9-12-19-15(17)21-16(18)20-13-14-10-7-6-8-11-14/h6-8,10-11H,2-5,9,12-13H2,1H3,(H5,17,18,19,20,21). The summed E-state index contributed by atoms with van der Waals surface area (Å²) in [7, 11) is 0. The van der Waals surface area contributed by atoms with Gasteiger partial charge in [-0.2, -0.15) is 0 Å². The number of hydrogen-bond acceptors (Lipinski definition) is 2. The Kier molecular flexibility index (Phi) is 8.68. The zero-order valence-corrected chi connectivity index (χ0v) is 12.9. The fourth-order valence-electron chi connectivity index (χ4n) is 1.89. The van der Waals surface area contributed by atoms with E-state index in [9.17, 15) is 0 Å². The summed E-state index contributed by atoms with van der Waals surface area (Å²) in [5.74, 6) is 0.630. The molecular formula is C16H27N5. The number of nitrogens with two attached hydrogens (primary N) is 2. The van der Waals surface area contributed by atoms with E-state index in [0.717, 1.165) is 18.5 Å². The summed E-state index contributed by atoms with van der Waals surface area (Å²) < 4.78 is 0. The minimum atomic E-state index is 0.297. The van der Waals surface area contributed by atoms with Crippen molar-refractivity contribution in [3.8, 4) is 0 Å². The Labute approximate surface area is 127 Å². The van der Waals surface area contributed by atoms with Crippen molar-refractivity contribution in [2.75, 3.05) is 6.54 Å². The highest BCUT2D eigenvalue weighted by molar-refractivity contribution is 5.96. The summed E-state index contributed by atoms with van der Waals surface area (Å²) in [6.07, 6.45) is 6.06. The fraction of sp³-hybridized carbons (Fsp3) is 0.500. The lowest BCUT2D eigenvalue weighted by atomic mass is 10.2. The van der Waals surface area contributed by atoms with Crippen molar-refractivity contribution in [3.63, 3.8) is 0 Å². The van der Waals surface area contributed by atoms with Crippen LogP contribution in [-0.2, 0) is 6.54 Å². The zero-order chi connectivity index (χ0) is 15.3. The predicted molar refractivity (Wildman–Crippen MR) is 90.2 cm³/mol. The smallest absolute Gasteiger partial charge is 0.195 e. The number of nitrogens with one attached hydrogen (secondary N) is 1. The van der Waals surface area contributed by atoms with Crippen LogP contribution in [0.5, 0.6) is 0 Å². The summed E-state index contributed by atoms with van der Waals surface area (Å²) in [6.45, 7) is 3.47. The molecule has 0 atom stereocenters. The second-order valence-corrected chi connectivity index (χ2v) is 4.99. The van der Waals surface area contributed by atoms with E-state index in [0.29, 0.717) is 18.5 Å². The van der Waals surface area contributed by atoms with Gasteiger partial charge in [0.15, 0.2) is 11.9 Å². The molecule has 0 bridgehead atoms. The van der Waals surface area contributed by atoms with Crippen LogP contribution in [0.2, 0.25) is 0 Å². The minimum absolute atomic E-state index is 0.297. The van der Waals surface area contributed by atoms with Crippen molar-refractivity contribution < 1.29 is 0 Å². The number of unbranched alkanes of at least 4 members (excludes halogenated alkanes) is 4. The quantitative estimate of drug-likeness (QED) is 0.390. The molecule has 5 N–H and O–H groups in total. The Hall–Kier alpha value is -2.04. The Morgan fingerprint density at radius 1 is 0.952 bits per heavy atom. The molecule has 5 heteroatoms. The average Bonchev–Trinajstić information content (AvgIpc) is 2.50. The van der Waals surface area contributed by atoms with Gasteiger partial charge in [0.2, 0.25) is 0 Å². The first-order valence-corrected chi connectivity index (χ1v) is 7.63. The van der Waals surface area contributed by atoms with Gasteiger partial charge >= 0.3 is 0 Å². The molecular weight excluding hydrogens is 262 g/mol. The highest BCUT2D eigenvalue weighted by Crippen LogP contribution is 2.02. The van der Waals surface area contributed by atoms with Crippen molar-refractivity contribution in [2.45, 2.75) is 45.6 Å². The van der Waals surface area contributed by atoms with Crippen molar-refractivity contribution in [1.29, 1.82) is 0 Å². The molecule has 0 aliphatic rings. The highest BCUT2D eigenvalue weighted by atomic mass is 15.2. The van der Waals surface area contributed by atoms with Crippen LogP contribution < -0.4 is 16.8 Å². The molecule has 21 heavy (non-hydrogen) atoms. The van der Waals surface area contributed by atoms with Gasteiger partial charge in [-0.15, -0.1) is 0 Å². The van der Waals surface area contributed by atoms with Gasteiger partial charge in [0.25, 0.3) is 0 Å². The first kappa shape index (κ1) is 17.0. The molecule has 116 valence electrons. The largest absolute Gasteiger partial charge is 0.370 e. The van der Waals surface area contributed by atoms with Crippen LogP contribution in [0.4, 0.5) is 0 Å². The van der Waals surface area contributed by atoms with Gasteiger partial charge in [-0.1, -0.05) is 62.9 Å². The van der Waals surface area contributed by atoms with E-state index in [-0.39, 0.29) is 0 Å². The number of hydrogen-bond donors (Lipinski definition) is 3. The van der Waals surface area contributed by atoms with Gasteiger partial charge in [0.05, 0.1) is 6.54 Å². The molecule has 0 aromatic heterocycles. The van der Waals surface area contributed by atoms with E-state index in [1.54, 1.807) is 0 Å². The molecule has 1 aromatic rings. The summed E-state index contributed by atoms with van der Waals surface area (Å²) in [6, 6.07) is 9.93. The lowest BCUT2D eigenvalue weighted by Crippen LogP contribution is -2.41. The van der Waals surface area contributed by atoms with E-state index in [1.807, 2.05) is 30.3 Å². The third kappa shape index (κ3) is 8.68. The van der Waals surface area contributed by atoms with Gasteiger partial charge in [0.1, 0.15) is 0 Å². The van der Waals surface area contributed by atoms with Crippen LogP contribution >= 0.6 is 0 Å². The maximum absolute atomic E-state index is 5.77. The van der Waals surface area contributed by atoms with Gasteiger partial charge < -0.3 is 11.5 Å². The molecule has 0 saturated heterocycles. The molecule has 0 aliphatic heterocycles. The second-order valence-electron chi connectivity index (χ2n) is 4.99. The number of guanidine groups is 2. The van der Waals surface area contributed by atoms with Crippen LogP contribution in [0.15, 0.2) is 40.3 Å². The lowest BCUT2D eigenvalue weighted by molar-refractivity contribution is 0.638. The molecule has 1 aromatic carbocycles. The SMILES string of the molecule is CCCCCCCN=C(N)NC(N)=NCc1ccccc1. The summed E-state index contributed by atoms with van der Waals surface area (Å²) in [5.41, 5.74) is 12.6. The highest BCUT2D eigenvalue weighted by Gasteiger charge is 1.96. The molecule has 0 saturated carbocycles. The van der Waals surface area contributed by atoms with Crippen molar-refractivity contribution in [1.82, 2.24) is 5.32 Å². The maximum Gasteiger partial charge on any atom is 0.195 e. The van der Waals surface area contributed by atoms with E-state index >= 15 is 0 Å². The van der Waals surface area contributed by atoms with Crippen molar-refractivity contribution in [2.24, 2.45) is 21.5 Å². The molecule has 0 unspecified atom stereocenters. The fourth-order valence-corrected chi connectivity index (χ4v) is 1.89. The minimum Gasteiger partial charge on any atom is -0.370 e. The molecule has 0 fully saturated rings. The molecule has 0 aliphatic carbocycles. The Balaban J connectivity index is 2.24. The topological polar surface area (TPSA) is 88.8 Å². The third-order valence-electron chi connectivity index (χ3n) is 3.07. The van der Waals surface area contributed by atoms with E-state index in [4.69, 9.17) is 11.5 Å². The van der Waals surface area contributed by atoms with E-state index in [2.05, 4.69) is 22.2 Å². The normalized spacial score (nSPS) is 12.4. The first-order chi connectivity index (χ1) is 10.2. The van der Waals surface area contributed by atoms with Crippen LogP contribution in [0.3, 0.4) is 0 Å². The molecule has 0 spiro atoms. The molecule has 0 radical (unpaired) electrons. The second kappa shape index (κ2) is 10.7. The molecule has 1 rings (SSSR count). The Bertz CT molecular complexity index is 439. The molecule has 0 amide bonds. The van der Waals surface area contributed by atoms with Gasteiger partial charge in [0, 0.05) is 6.54 Å². The maximum atomic E-state index is 5.77. The number of rotatable bonds is 8. The third-order valence-corrected chi connectivity index (χ3v) is 3.07.